The maximum Gasteiger partial charge on any atom is 0.334 e. The summed E-state index contributed by atoms with van der Waals surface area (Å²) in [6.07, 6.45) is 2.35. The van der Waals surface area contributed by atoms with Gasteiger partial charge < -0.3 is 13.4 Å². The zero-order valence-electron chi connectivity index (χ0n) is 18.4. The summed E-state index contributed by atoms with van der Waals surface area (Å²) in [6.45, 7) is 21.1. The summed E-state index contributed by atoms with van der Waals surface area (Å²) in [5.41, 5.74) is 1.37. The van der Waals surface area contributed by atoms with E-state index in [0.29, 0.717) is 5.04 Å². The lowest BCUT2D eigenvalue weighted by atomic mass is 10.2. The van der Waals surface area contributed by atoms with Crippen LogP contribution < -0.4 is 4.57 Å². The molecule has 3 nitrogen and oxygen atoms in total. The molecule has 0 amide bonds. The van der Waals surface area contributed by atoms with Gasteiger partial charge in [-0.05, 0) is 56.5 Å². The monoisotopic (exact) mass is 395 g/mol. The third-order valence-electron chi connectivity index (χ3n) is 5.74. The van der Waals surface area contributed by atoms with Gasteiger partial charge in [-0.25, -0.2) is 0 Å². The first-order valence-corrected chi connectivity index (χ1v) is 15.6. The molecule has 0 heterocycles. The summed E-state index contributed by atoms with van der Waals surface area (Å²) < 4.78 is 14.7. The van der Waals surface area contributed by atoms with Gasteiger partial charge in [-0.15, -0.1) is 0 Å². The third kappa shape index (κ3) is 6.52. The number of hydrogen-bond acceptors (Lipinski definition) is 3. The SMILES string of the molecule is CCO[Si](C)(CCCCN(c1ccccc1)[Si](C)(C)C(C)(C)C)OCC. The fourth-order valence-corrected chi connectivity index (χ4v) is 8.06. The van der Waals surface area contributed by atoms with Crippen LogP contribution in [0.25, 0.3) is 0 Å². The number of benzene rings is 1. The van der Waals surface area contributed by atoms with Gasteiger partial charge in [0.2, 0.25) is 0 Å². The van der Waals surface area contributed by atoms with Crippen LogP contribution in [-0.2, 0) is 8.85 Å². The average Bonchev–Trinajstić information content (AvgIpc) is 2.54. The summed E-state index contributed by atoms with van der Waals surface area (Å²) >= 11 is 0. The standard InChI is InChI=1S/C21H41NO2Si2/c1-9-23-26(8,24-10-2)19-15-14-18-22(20-16-12-11-13-17-20)25(6,7)21(3,4)5/h11-13,16-17H,9-10,14-15,18-19H2,1-8H3. The average molecular weight is 396 g/mol. The second-order valence-corrected chi connectivity index (χ2v) is 17.3. The van der Waals surface area contributed by atoms with Crippen molar-refractivity contribution in [3.63, 3.8) is 0 Å². The van der Waals surface area contributed by atoms with Crippen LogP contribution in [0.2, 0.25) is 30.7 Å². The van der Waals surface area contributed by atoms with Gasteiger partial charge in [0, 0.05) is 25.4 Å². The molecule has 150 valence electrons. The molecule has 0 aliphatic heterocycles. The van der Waals surface area contributed by atoms with E-state index in [9.17, 15) is 0 Å². The van der Waals surface area contributed by atoms with Gasteiger partial charge >= 0.3 is 8.56 Å². The van der Waals surface area contributed by atoms with Crippen molar-refractivity contribution in [2.45, 2.75) is 78.2 Å². The van der Waals surface area contributed by atoms with E-state index in [0.717, 1.165) is 25.8 Å². The fourth-order valence-electron chi connectivity index (χ4n) is 3.26. The van der Waals surface area contributed by atoms with E-state index < -0.39 is 16.8 Å². The zero-order valence-corrected chi connectivity index (χ0v) is 20.4. The van der Waals surface area contributed by atoms with Crippen molar-refractivity contribution >= 4 is 22.5 Å². The highest BCUT2D eigenvalue weighted by atomic mass is 28.4. The molecule has 1 aromatic rings. The molecule has 0 aliphatic rings. The van der Waals surface area contributed by atoms with Gasteiger partial charge in [0.05, 0.1) is 0 Å². The molecule has 0 radical (unpaired) electrons. The predicted molar refractivity (Wildman–Crippen MR) is 120 cm³/mol. The first-order valence-electron chi connectivity index (χ1n) is 10.2. The van der Waals surface area contributed by atoms with Gasteiger partial charge in [-0.1, -0.05) is 52.1 Å². The van der Waals surface area contributed by atoms with Crippen molar-refractivity contribution in [2.24, 2.45) is 0 Å². The molecule has 0 spiro atoms. The van der Waals surface area contributed by atoms with E-state index in [2.05, 4.69) is 89.2 Å². The van der Waals surface area contributed by atoms with Gasteiger partial charge in [-0.3, -0.25) is 0 Å². The van der Waals surface area contributed by atoms with Crippen LogP contribution in [0.4, 0.5) is 5.69 Å². The summed E-state index contributed by atoms with van der Waals surface area (Å²) in [5.74, 6) is 0. The molecule has 0 bridgehead atoms. The molecule has 0 aliphatic carbocycles. The van der Waals surface area contributed by atoms with E-state index in [4.69, 9.17) is 8.85 Å². The molecule has 0 aromatic heterocycles. The Bertz CT molecular complexity index is 508. The van der Waals surface area contributed by atoms with Crippen LogP contribution in [0.3, 0.4) is 0 Å². The van der Waals surface area contributed by atoms with E-state index in [1.165, 1.54) is 18.5 Å². The van der Waals surface area contributed by atoms with Crippen molar-refractivity contribution in [3.8, 4) is 0 Å². The molecular formula is C21H41NO2Si2. The lowest BCUT2D eigenvalue weighted by Crippen LogP contribution is -2.55. The van der Waals surface area contributed by atoms with E-state index in [-0.39, 0.29) is 0 Å². The van der Waals surface area contributed by atoms with E-state index in [1.54, 1.807) is 0 Å². The zero-order chi connectivity index (χ0) is 19.8. The molecule has 5 heteroatoms. The minimum Gasteiger partial charge on any atom is -0.397 e. The smallest absolute Gasteiger partial charge is 0.334 e. The Kier molecular flexibility index (Phi) is 9.06. The lowest BCUT2D eigenvalue weighted by molar-refractivity contribution is 0.188. The Morgan fingerprint density at radius 2 is 1.42 bits per heavy atom. The van der Waals surface area contributed by atoms with Gasteiger partial charge in [0.1, 0.15) is 0 Å². The number of unbranched alkanes of at least 4 members (excludes halogenated alkanes) is 1. The second kappa shape index (κ2) is 10.1. The molecule has 0 saturated heterocycles. The highest BCUT2D eigenvalue weighted by Crippen LogP contribution is 2.40. The predicted octanol–water partition coefficient (Wildman–Crippen LogP) is 6.42. The second-order valence-electron chi connectivity index (χ2n) is 8.75. The minimum atomic E-state index is -1.99. The number of anilines is 1. The van der Waals surface area contributed by atoms with Crippen LogP contribution in [0.1, 0.15) is 47.5 Å². The van der Waals surface area contributed by atoms with Crippen molar-refractivity contribution in [3.05, 3.63) is 30.3 Å². The largest absolute Gasteiger partial charge is 0.397 e. The van der Waals surface area contributed by atoms with Crippen molar-refractivity contribution in [1.29, 1.82) is 0 Å². The van der Waals surface area contributed by atoms with Crippen molar-refractivity contribution < 1.29 is 8.85 Å². The van der Waals surface area contributed by atoms with Crippen LogP contribution in [0.5, 0.6) is 0 Å². The molecule has 26 heavy (non-hydrogen) atoms. The summed E-state index contributed by atoms with van der Waals surface area (Å²) in [4.78, 5) is 0. The molecule has 0 fully saturated rings. The Balaban J connectivity index is 2.79. The molecule has 0 unspecified atom stereocenters. The van der Waals surface area contributed by atoms with E-state index >= 15 is 0 Å². The molecule has 1 aromatic carbocycles. The minimum absolute atomic E-state index is 0.322. The summed E-state index contributed by atoms with van der Waals surface area (Å²) in [6, 6.07) is 12.0. The van der Waals surface area contributed by atoms with Crippen LogP contribution in [0, 0.1) is 0 Å². The topological polar surface area (TPSA) is 21.7 Å². The van der Waals surface area contributed by atoms with Gasteiger partial charge in [0.15, 0.2) is 8.24 Å². The number of hydrogen-bond donors (Lipinski definition) is 0. The maximum absolute atomic E-state index is 5.99. The van der Waals surface area contributed by atoms with E-state index in [1.807, 2.05) is 0 Å². The Morgan fingerprint density at radius 3 is 1.88 bits per heavy atom. The third-order valence-corrected chi connectivity index (χ3v) is 14.3. The summed E-state index contributed by atoms with van der Waals surface area (Å²) in [5, 5.41) is 0.322. The molecule has 0 atom stereocenters. The first kappa shape index (κ1) is 23.4. The van der Waals surface area contributed by atoms with Crippen molar-refractivity contribution in [2.75, 3.05) is 24.3 Å². The Hall–Kier alpha value is -0.626. The number of nitrogens with zero attached hydrogens (tertiary/aromatic N) is 1. The van der Waals surface area contributed by atoms with Gasteiger partial charge in [0.25, 0.3) is 0 Å². The Morgan fingerprint density at radius 1 is 0.885 bits per heavy atom. The van der Waals surface area contributed by atoms with Gasteiger partial charge in [-0.2, -0.15) is 0 Å². The highest BCUT2D eigenvalue weighted by molar-refractivity contribution is 6.83. The quantitative estimate of drug-likeness (QED) is 0.318. The molecular weight excluding hydrogens is 354 g/mol. The van der Waals surface area contributed by atoms with Crippen LogP contribution in [-0.4, -0.2) is 36.6 Å². The molecule has 0 saturated carbocycles. The number of rotatable bonds is 11. The fraction of sp³-hybridized carbons (Fsp3) is 0.714. The highest BCUT2D eigenvalue weighted by Gasteiger charge is 2.41. The van der Waals surface area contributed by atoms with Crippen molar-refractivity contribution in [1.82, 2.24) is 0 Å². The molecule has 0 N–H and O–H groups in total. The summed E-state index contributed by atoms with van der Waals surface area (Å²) in [7, 11) is -3.61. The maximum atomic E-state index is 5.99. The first-order chi connectivity index (χ1) is 12.1. The Labute approximate surface area is 164 Å². The normalized spacial score (nSPS) is 13.1. The lowest BCUT2D eigenvalue weighted by Gasteiger charge is -2.47. The number of para-hydroxylation sites is 1. The molecule has 1 rings (SSSR count). The van der Waals surface area contributed by atoms with Crippen LogP contribution in [0.15, 0.2) is 30.3 Å². The van der Waals surface area contributed by atoms with Crippen LogP contribution >= 0.6 is 0 Å².